The summed E-state index contributed by atoms with van der Waals surface area (Å²) in [6.45, 7) is 1.81. The Labute approximate surface area is 190 Å². The maximum Gasteiger partial charge on any atom is 0.412 e. The Balaban J connectivity index is 1.41. The SMILES string of the molecule is CC[C@H](NC(=O)c1cc(NC(=O)OCC2c3ccccc3-c3ccccc32)n(C)n1)C(=O)O. The van der Waals surface area contributed by atoms with E-state index in [4.69, 9.17) is 9.84 Å². The Morgan fingerprint density at radius 2 is 1.70 bits per heavy atom. The van der Waals surface area contributed by atoms with Crippen LogP contribution in [0.4, 0.5) is 10.6 Å². The molecule has 0 saturated carbocycles. The molecule has 0 aliphatic heterocycles. The first-order chi connectivity index (χ1) is 15.9. The van der Waals surface area contributed by atoms with Crippen LogP contribution in [0.25, 0.3) is 11.1 Å². The molecule has 0 unspecified atom stereocenters. The minimum Gasteiger partial charge on any atom is -0.480 e. The predicted octanol–water partition coefficient (Wildman–Crippen LogP) is 3.37. The molecule has 2 aromatic carbocycles. The Bertz CT molecular complexity index is 1170. The van der Waals surface area contributed by atoms with Crippen LogP contribution < -0.4 is 10.6 Å². The minimum absolute atomic E-state index is 0.00820. The van der Waals surface area contributed by atoms with Crippen LogP contribution in [0.1, 0.15) is 40.9 Å². The number of hydrogen-bond donors (Lipinski definition) is 3. The van der Waals surface area contributed by atoms with Crippen LogP contribution in [-0.4, -0.2) is 45.5 Å². The summed E-state index contributed by atoms with van der Waals surface area (Å²) >= 11 is 0. The standard InChI is InChI=1S/C24H24N4O5/c1-3-19(23(30)31)25-22(29)20-12-21(28(2)27-20)26-24(32)33-13-18-16-10-6-4-8-14(16)15-9-5-7-11-17(15)18/h4-12,18-19H,3,13H2,1-2H3,(H,25,29)(H,26,32)(H,30,31)/t19-/m0/s1. The molecule has 1 aromatic heterocycles. The van der Waals surface area contributed by atoms with Crippen molar-refractivity contribution in [2.45, 2.75) is 25.3 Å². The molecule has 9 heteroatoms. The van der Waals surface area contributed by atoms with Gasteiger partial charge in [-0.2, -0.15) is 5.10 Å². The number of hydrogen-bond acceptors (Lipinski definition) is 5. The van der Waals surface area contributed by atoms with Crippen LogP contribution >= 0.6 is 0 Å². The zero-order valence-corrected chi connectivity index (χ0v) is 18.2. The third kappa shape index (κ3) is 4.43. The Hall–Kier alpha value is -4.14. The van der Waals surface area contributed by atoms with Gasteiger partial charge in [0, 0.05) is 19.0 Å². The van der Waals surface area contributed by atoms with Gasteiger partial charge in [0.25, 0.3) is 5.91 Å². The number of amides is 2. The monoisotopic (exact) mass is 448 g/mol. The average molecular weight is 448 g/mol. The first-order valence-electron chi connectivity index (χ1n) is 10.6. The zero-order chi connectivity index (χ0) is 23.5. The number of nitrogens with zero attached hydrogens (tertiary/aromatic N) is 2. The Morgan fingerprint density at radius 1 is 1.09 bits per heavy atom. The highest BCUT2D eigenvalue weighted by atomic mass is 16.5. The predicted molar refractivity (Wildman–Crippen MR) is 121 cm³/mol. The molecule has 0 radical (unpaired) electrons. The number of aromatic nitrogens is 2. The van der Waals surface area contributed by atoms with E-state index < -0.39 is 24.0 Å². The zero-order valence-electron chi connectivity index (χ0n) is 18.2. The van der Waals surface area contributed by atoms with Gasteiger partial charge in [0.05, 0.1) is 0 Å². The first-order valence-corrected chi connectivity index (χ1v) is 10.6. The van der Waals surface area contributed by atoms with Crippen molar-refractivity contribution in [2.75, 3.05) is 11.9 Å². The molecule has 0 saturated heterocycles. The number of carbonyl (C=O) groups excluding carboxylic acids is 2. The van der Waals surface area contributed by atoms with Crippen molar-refractivity contribution in [2.24, 2.45) is 7.05 Å². The van der Waals surface area contributed by atoms with E-state index >= 15 is 0 Å². The third-order valence-electron chi connectivity index (χ3n) is 5.70. The lowest BCUT2D eigenvalue weighted by molar-refractivity contribution is -0.139. The Kier molecular flexibility index (Phi) is 6.12. The number of carboxylic acid groups (broad SMARTS) is 1. The highest BCUT2D eigenvalue weighted by molar-refractivity contribution is 5.96. The Morgan fingerprint density at radius 3 is 2.27 bits per heavy atom. The van der Waals surface area contributed by atoms with Crippen molar-refractivity contribution >= 4 is 23.8 Å². The summed E-state index contributed by atoms with van der Waals surface area (Å²) in [6, 6.07) is 16.4. The maximum atomic E-state index is 12.5. The number of rotatable bonds is 7. The molecule has 1 aliphatic rings. The van der Waals surface area contributed by atoms with E-state index in [0.717, 1.165) is 22.3 Å². The molecule has 2 amide bonds. The van der Waals surface area contributed by atoms with Gasteiger partial charge >= 0.3 is 12.1 Å². The number of aliphatic carboxylic acids is 1. The normalized spacial score (nSPS) is 13.0. The van der Waals surface area contributed by atoms with E-state index in [1.165, 1.54) is 10.7 Å². The van der Waals surface area contributed by atoms with Crippen LogP contribution in [0.15, 0.2) is 54.6 Å². The van der Waals surface area contributed by atoms with Crippen molar-refractivity contribution in [3.63, 3.8) is 0 Å². The largest absolute Gasteiger partial charge is 0.480 e. The molecule has 1 atom stereocenters. The number of carbonyl (C=O) groups is 3. The van der Waals surface area contributed by atoms with Crippen LogP contribution in [0.5, 0.6) is 0 Å². The molecule has 1 aliphatic carbocycles. The molecular formula is C24H24N4O5. The molecule has 33 heavy (non-hydrogen) atoms. The molecule has 170 valence electrons. The van der Waals surface area contributed by atoms with E-state index in [2.05, 4.69) is 27.9 Å². The first kappa shape index (κ1) is 22.1. The van der Waals surface area contributed by atoms with Crippen molar-refractivity contribution in [1.82, 2.24) is 15.1 Å². The number of anilines is 1. The van der Waals surface area contributed by atoms with Gasteiger partial charge in [0.1, 0.15) is 18.5 Å². The topological polar surface area (TPSA) is 123 Å². The van der Waals surface area contributed by atoms with E-state index in [1.54, 1.807) is 14.0 Å². The second kappa shape index (κ2) is 9.15. The lowest BCUT2D eigenvalue weighted by Crippen LogP contribution is -2.40. The van der Waals surface area contributed by atoms with Gasteiger partial charge in [-0.1, -0.05) is 55.5 Å². The van der Waals surface area contributed by atoms with Gasteiger partial charge in [-0.25, -0.2) is 9.59 Å². The summed E-state index contributed by atoms with van der Waals surface area (Å²) in [6.07, 6.45) is -0.442. The fourth-order valence-electron chi connectivity index (χ4n) is 4.00. The van der Waals surface area contributed by atoms with Gasteiger partial charge < -0.3 is 15.2 Å². The van der Waals surface area contributed by atoms with Crippen molar-refractivity contribution in [3.05, 3.63) is 71.4 Å². The van der Waals surface area contributed by atoms with Crippen molar-refractivity contribution in [3.8, 4) is 11.1 Å². The van der Waals surface area contributed by atoms with Gasteiger partial charge in [-0.15, -0.1) is 0 Å². The molecule has 0 bridgehead atoms. The summed E-state index contributed by atoms with van der Waals surface area (Å²) in [5.74, 6) is -1.59. The molecule has 1 heterocycles. The quantitative estimate of drug-likeness (QED) is 0.509. The number of nitrogens with one attached hydrogen (secondary N) is 2. The highest BCUT2D eigenvalue weighted by Crippen LogP contribution is 2.44. The lowest BCUT2D eigenvalue weighted by Gasteiger charge is -2.14. The number of benzene rings is 2. The molecule has 0 fully saturated rings. The summed E-state index contributed by atoms with van der Waals surface area (Å²) in [7, 11) is 1.56. The summed E-state index contributed by atoms with van der Waals surface area (Å²) < 4.78 is 6.83. The van der Waals surface area contributed by atoms with Gasteiger partial charge in [-0.05, 0) is 28.7 Å². The number of fused-ring (bicyclic) bond motifs is 3. The molecule has 9 nitrogen and oxygen atoms in total. The second-order valence-electron chi connectivity index (χ2n) is 7.76. The van der Waals surface area contributed by atoms with E-state index in [-0.39, 0.29) is 30.5 Å². The lowest BCUT2D eigenvalue weighted by atomic mass is 9.98. The van der Waals surface area contributed by atoms with Crippen LogP contribution in [0.3, 0.4) is 0 Å². The van der Waals surface area contributed by atoms with E-state index in [1.807, 2.05) is 36.4 Å². The van der Waals surface area contributed by atoms with Crippen molar-refractivity contribution in [1.29, 1.82) is 0 Å². The second-order valence-corrected chi connectivity index (χ2v) is 7.76. The molecule has 3 N–H and O–H groups in total. The third-order valence-corrected chi connectivity index (χ3v) is 5.70. The fraction of sp³-hybridized carbons (Fsp3) is 0.250. The number of ether oxygens (including phenoxy) is 1. The van der Waals surface area contributed by atoms with Crippen LogP contribution in [-0.2, 0) is 16.6 Å². The van der Waals surface area contributed by atoms with Gasteiger partial charge in [-0.3, -0.25) is 14.8 Å². The smallest absolute Gasteiger partial charge is 0.412 e. The minimum atomic E-state index is -1.13. The fourth-order valence-corrected chi connectivity index (χ4v) is 4.00. The molecule has 0 spiro atoms. The van der Waals surface area contributed by atoms with Crippen LogP contribution in [0, 0.1) is 0 Å². The van der Waals surface area contributed by atoms with E-state index in [9.17, 15) is 14.4 Å². The molecular weight excluding hydrogens is 424 g/mol. The highest BCUT2D eigenvalue weighted by Gasteiger charge is 2.29. The number of aryl methyl sites for hydroxylation is 1. The van der Waals surface area contributed by atoms with Crippen LogP contribution in [0.2, 0.25) is 0 Å². The molecule has 4 rings (SSSR count). The van der Waals surface area contributed by atoms with E-state index in [0.29, 0.717) is 0 Å². The molecule has 3 aromatic rings. The summed E-state index contributed by atoms with van der Waals surface area (Å²) in [5, 5.41) is 18.1. The summed E-state index contributed by atoms with van der Waals surface area (Å²) in [4.78, 5) is 35.9. The van der Waals surface area contributed by atoms with Gasteiger partial charge in [0.2, 0.25) is 0 Å². The number of carboxylic acids is 1. The van der Waals surface area contributed by atoms with Gasteiger partial charge in [0.15, 0.2) is 5.69 Å². The summed E-state index contributed by atoms with van der Waals surface area (Å²) in [5.41, 5.74) is 4.48. The van der Waals surface area contributed by atoms with Crippen molar-refractivity contribution < 1.29 is 24.2 Å². The maximum absolute atomic E-state index is 12.5. The average Bonchev–Trinajstić information content (AvgIpc) is 3.33.